The number of thioether (sulfide) groups is 1. The van der Waals surface area contributed by atoms with E-state index in [0.717, 1.165) is 21.9 Å². The third-order valence-corrected chi connectivity index (χ3v) is 4.95. The Morgan fingerprint density at radius 2 is 2.00 bits per heavy atom. The lowest BCUT2D eigenvalue weighted by Crippen LogP contribution is -2.14. The van der Waals surface area contributed by atoms with Gasteiger partial charge in [-0.25, -0.2) is 4.98 Å². The van der Waals surface area contributed by atoms with Crippen molar-refractivity contribution in [3.8, 4) is 0 Å². The van der Waals surface area contributed by atoms with E-state index in [0.29, 0.717) is 11.7 Å². The zero-order valence-electron chi connectivity index (χ0n) is 14.1. The van der Waals surface area contributed by atoms with Gasteiger partial charge in [0.25, 0.3) is 0 Å². The molecule has 1 amide bonds. The average Bonchev–Trinajstić information content (AvgIpc) is 2.90. The number of imidazole rings is 1. The smallest absolute Gasteiger partial charge is 0.234 e. The maximum Gasteiger partial charge on any atom is 0.234 e. The van der Waals surface area contributed by atoms with Gasteiger partial charge in [-0.3, -0.25) is 4.79 Å². The molecule has 0 fully saturated rings. The summed E-state index contributed by atoms with van der Waals surface area (Å²) in [5.74, 6) is 0.757. The minimum atomic E-state index is -0.0204. The number of nitrogens with zero attached hydrogens (tertiary/aromatic N) is 2. The summed E-state index contributed by atoms with van der Waals surface area (Å²) in [6, 6.07) is 16.0. The molecular weight excluding hydrogens is 318 g/mol. The highest BCUT2D eigenvalue weighted by Gasteiger charge is 2.11. The minimum absolute atomic E-state index is 0.0204. The van der Waals surface area contributed by atoms with E-state index in [1.54, 1.807) is 0 Å². The second-order valence-electron chi connectivity index (χ2n) is 6.06. The number of carbonyl (C=O) groups is 1. The van der Waals surface area contributed by atoms with Gasteiger partial charge in [0, 0.05) is 12.7 Å². The topological polar surface area (TPSA) is 46.9 Å². The first-order valence-electron chi connectivity index (χ1n) is 7.98. The van der Waals surface area contributed by atoms with E-state index in [9.17, 15) is 4.79 Å². The van der Waals surface area contributed by atoms with Gasteiger partial charge in [0.2, 0.25) is 5.91 Å². The van der Waals surface area contributed by atoms with Crippen LogP contribution in [0.2, 0.25) is 0 Å². The molecule has 1 N–H and O–H groups in total. The third-order valence-electron chi connectivity index (χ3n) is 3.92. The lowest BCUT2D eigenvalue weighted by atomic mass is 10.0. The zero-order chi connectivity index (χ0) is 17.1. The highest BCUT2D eigenvalue weighted by molar-refractivity contribution is 7.99. The predicted octanol–water partition coefficient (Wildman–Crippen LogP) is 4.43. The van der Waals surface area contributed by atoms with Crippen molar-refractivity contribution in [2.24, 2.45) is 7.05 Å². The number of nitrogens with one attached hydrogen (secondary N) is 1. The van der Waals surface area contributed by atoms with Crippen molar-refractivity contribution in [3.05, 3.63) is 54.1 Å². The van der Waals surface area contributed by atoms with Crippen LogP contribution in [0.15, 0.2) is 53.7 Å². The first kappa shape index (κ1) is 16.6. The Bertz CT molecular complexity index is 870. The van der Waals surface area contributed by atoms with Crippen molar-refractivity contribution in [2.75, 3.05) is 11.1 Å². The van der Waals surface area contributed by atoms with Gasteiger partial charge in [0.05, 0.1) is 16.8 Å². The van der Waals surface area contributed by atoms with Crippen LogP contribution in [0.3, 0.4) is 0 Å². The summed E-state index contributed by atoms with van der Waals surface area (Å²) in [7, 11) is 1.97. The van der Waals surface area contributed by atoms with E-state index >= 15 is 0 Å². The summed E-state index contributed by atoms with van der Waals surface area (Å²) < 4.78 is 2.02. The number of benzene rings is 2. The Labute approximate surface area is 146 Å². The quantitative estimate of drug-likeness (QED) is 0.700. The molecule has 1 heterocycles. The standard InChI is InChI=1S/C19H21N3OS/c1-13(2)14-7-6-8-15(11-14)20-18(23)12-24-19-21-16-9-4-5-10-17(16)22(19)3/h4-11,13H,12H2,1-3H3,(H,20,23). The molecule has 0 saturated heterocycles. The maximum absolute atomic E-state index is 12.2. The van der Waals surface area contributed by atoms with Crippen LogP contribution in [0, 0.1) is 0 Å². The number of aromatic nitrogens is 2. The van der Waals surface area contributed by atoms with Crippen molar-refractivity contribution in [2.45, 2.75) is 24.9 Å². The van der Waals surface area contributed by atoms with Gasteiger partial charge in [0.15, 0.2) is 5.16 Å². The van der Waals surface area contributed by atoms with Gasteiger partial charge >= 0.3 is 0 Å². The van der Waals surface area contributed by atoms with E-state index in [2.05, 4.69) is 30.2 Å². The van der Waals surface area contributed by atoms with E-state index in [4.69, 9.17) is 0 Å². The molecule has 0 bridgehead atoms. The summed E-state index contributed by atoms with van der Waals surface area (Å²) in [5.41, 5.74) is 4.09. The Morgan fingerprint density at radius 3 is 2.75 bits per heavy atom. The van der Waals surface area contributed by atoms with Crippen LogP contribution >= 0.6 is 11.8 Å². The van der Waals surface area contributed by atoms with Crippen LogP contribution in [-0.4, -0.2) is 21.2 Å². The van der Waals surface area contributed by atoms with Gasteiger partial charge in [-0.2, -0.15) is 0 Å². The van der Waals surface area contributed by atoms with Crippen LogP contribution in [0.25, 0.3) is 11.0 Å². The van der Waals surface area contributed by atoms with E-state index < -0.39 is 0 Å². The number of para-hydroxylation sites is 2. The normalized spacial score (nSPS) is 11.2. The molecule has 124 valence electrons. The van der Waals surface area contributed by atoms with Crippen LogP contribution in [0.4, 0.5) is 5.69 Å². The number of amides is 1. The second kappa shape index (κ2) is 7.09. The summed E-state index contributed by atoms with van der Waals surface area (Å²) in [4.78, 5) is 16.8. The third kappa shape index (κ3) is 3.62. The first-order chi connectivity index (χ1) is 11.5. The fourth-order valence-corrected chi connectivity index (χ4v) is 3.34. The molecule has 24 heavy (non-hydrogen) atoms. The summed E-state index contributed by atoms with van der Waals surface area (Å²) in [6.45, 7) is 4.28. The summed E-state index contributed by atoms with van der Waals surface area (Å²) in [5, 5.41) is 3.81. The molecule has 0 atom stereocenters. The number of hydrogen-bond donors (Lipinski definition) is 1. The van der Waals surface area contributed by atoms with Crippen LogP contribution in [-0.2, 0) is 11.8 Å². The first-order valence-corrected chi connectivity index (χ1v) is 8.97. The lowest BCUT2D eigenvalue weighted by Gasteiger charge is -2.09. The van der Waals surface area contributed by atoms with Crippen molar-refractivity contribution in [1.82, 2.24) is 9.55 Å². The molecule has 0 aliphatic carbocycles. The Morgan fingerprint density at radius 1 is 1.21 bits per heavy atom. The molecular formula is C19H21N3OS. The Balaban J connectivity index is 1.65. The molecule has 2 aromatic carbocycles. The minimum Gasteiger partial charge on any atom is -0.325 e. The number of fused-ring (bicyclic) bond motifs is 1. The number of anilines is 1. The monoisotopic (exact) mass is 339 g/mol. The van der Waals surface area contributed by atoms with Crippen LogP contribution in [0.5, 0.6) is 0 Å². The highest BCUT2D eigenvalue weighted by Crippen LogP contribution is 2.23. The molecule has 0 aliphatic rings. The van der Waals surface area contributed by atoms with Gasteiger partial charge < -0.3 is 9.88 Å². The number of hydrogen-bond acceptors (Lipinski definition) is 3. The van der Waals surface area contributed by atoms with Crippen molar-refractivity contribution < 1.29 is 4.79 Å². The molecule has 1 aromatic heterocycles. The van der Waals surface area contributed by atoms with Crippen LogP contribution in [0.1, 0.15) is 25.3 Å². The second-order valence-corrected chi connectivity index (χ2v) is 7.00. The fraction of sp³-hybridized carbons (Fsp3) is 0.263. The number of aryl methyl sites for hydroxylation is 1. The SMILES string of the molecule is CC(C)c1cccc(NC(=O)CSc2nc3ccccc3n2C)c1. The number of rotatable bonds is 5. The summed E-state index contributed by atoms with van der Waals surface area (Å²) in [6.07, 6.45) is 0. The molecule has 4 nitrogen and oxygen atoms in total. The molecule has 3 aromatic rings. The maximum atomic E-state index is 12.2. The summed E-state index contributed by atoms with van der Waals surface area (Å²) >= 11 is 1.45. The molecule has 0 aliphatic heterocycles. The van der Waals surface area contributed by atoms with Gasteiger partial charge in [-0.05, 0) is 35.7 Å². The molecule has 3 rings (SSSR count). The van der Waals surface area contributed by atoms with Crippen LogP contribution < -0.4 is 5.32 Å². The Kier molecular flexibility index (Phi) is 4.90. The van der Waals surface area contributed by atoms with Gasteiger partial charge in [0.1, 0.15) is 0 Å². The molecule has 0 radical (unpaired) electrons. The van der Waals surface area contributed by atoms with Crippen molar-refractivity contribution in [3.63, 3.8) is 0 Å². The molecule has 0 unspecified atom stereocenters. The predicted molar refractivity (Wildman–Crippen MR) is 101 cm³/mol. The fourth-order valence-electron chi connectivity index (χ4n) is 2.56. The van der Waals surface area contributed by atoms with Gasteiger partial charge in [-0.15, -0.1) is 0 Å². The lowest BCUT2D eigenvalue weighted by molar-refractivity contribution is -0.113. The Hall–Kier alpha value is -2.27. The van der Waals surface area contributed by atoms with Crippen molar-refractivity contribution in [1.29, 1.82) is 0 Å². The highest BCUT2D eigenvalue weighted by atomic mass is 32.2. The molecule has 5 heteroatoms. The van der Waals surface area contributed by atoms with E-state index in [1.165, 1.54) is 17.3 Å². The largest absolute Gasteiger partial charge is 0.325 e. The van der Waals surface area contributed by atoms with E-state index in [1.807, 2.05) is 54.1 Å². The zero-order valence-corrected chi connectivity index (χ0v) is 14.9. The number of carbonyl (C=O) groups excluding carboxylic acids is 1. The van der Waals surface area contributed by atoms with Crippen molar-refractivity contribution >= 4 is 34.4 Å². The molecule has 0 spiro atoms. The molecule has 0 saturated carbocycles. The average molecular weight is 339 g/mol. The van der Waals surface area contributed by atoms with E-state index in [-0.39, 0.29) is 5.91 Å². The van der Waals surface area contributed by atoms with Gasteiger partial charge in [-0.1, -0.05) is 49.9 Å².